The number of hydrogen-bond acceptors (Lipinski definition) is 3. The van der Waals surface area contributed by atoms with Gasteiger partial charge in [0.1, 0.15) is 0 Å². The molecule has 0 atom stereocenters. The lowest BCUT2D eigenvalue weighted by molar-refractivity contribution is 0.201. The Balaban J connectivity index is 2.37. The third-order valence-electron chi connectivity index (χ3n) is 2.70. The molecule has 1 heterocycles. The van der Waals surface area contributed by atoms with E-state index in [4.69, 9.17) is 17.3 Å². The zero-order valence-corrected chi connectivity index (χ0v) is 11.1. The maximum Gasteiger partial charge on any atom is 0.169 e. The molecule has 0 aromatic carbocycles. The largest absolute Gasteiger partial charge is 0.395 e. The van der Waals surface area contributed by atoms with Gasteiger partial charge in [0.05, 0.1) is 6.61 Å². The molecule has 0 amide bonds. The average molecular weight is 245 g/mol. The molecule has 0 aromatic rings. The van der Waals surface area contributed by atoms with Gasteiger partial charge in [-0.25, -0.2) is 0 Å². The normalized spacial score (nSPS) is 18.6. The maximum absolute atomic E-state index is 8.91. The zero-order valence-electron chi connectivity index (χ0n) is 10.3. The quantitative estimate of drug-likeness (QED) is 0.698. The van der Waals surface area contributed by atoms with E-state index in [0.29, 0.717) is 6.04 Å². The van der Waals surface area contributed by atoms with Crippen LogP contribution in [0.1, 0.15) is 20.3 Å². The van der Waals surface area contributed by atoms with Crippen molar-refractivity contribution in [3.05, 3.63) is 0 Å². The minimum atomic E-state index is 0.245. The van der Waals surface area contributed by atoms with Crippen LogP contribution in [0.3, 0.4) is 0 Å². The summed E-state index contributed by atoms with van der Waals surface area (Å²) < 4.78 is 0. The molecule has 0 unspecified atom stereocenters. The van der Waals surface area contributed by atoms with Crippen LogP contribution in [0.5, 0.6) is 0 Å². The van der Waals surface area contributed by atoms with Crippen molar-refractivity contribution in [2.45, 2.75) is 26.3 Å². The number of rotatable bonds is 3. The Morgan fingerprint density at radius 1 is 1.31 bits per heavy atom. The number of aliphatic hydroxyl groups is 1. The Morgan fingerprint density at radius 2 is 2.06 bits per heavy atom. The van der Waals surface area contributed by atoms with E-state index < -0.39 is 0 Å². The summed E-state index contributed by atoms with van der Waals surface area (Å²) in [6.45, 7) is 9.23. The van der Waals surface area contributed by atoms with Gasteiger partial charge in [0.25, 0.3) is 0 Å². The molecule has 4 nitrogen and oxygen atoms in total. The van der Waals surface area contributed by atoms with Crippen LogP contribution in [0, 0.1) is 0 Å². The summed E-state index contributed by atoms with van der Waals surface area (Å²) in [5.41, 5.74) is 0. The molecule has 2 N–H and O–H groups in total. The van der Waals surface area contributed by atoms with E-state index >= 15 is 0 Å². The Kier molecular flexibility index (Phi) is 6.01. The summed E-state index contributed by atoms with van der Waals surface area (Å²) in [5.74, 6) is 0. The molecule has 0 aliphatic carbocycles. The molecule has 94 valence electrons. The minimum absolute atomic E-state index is 0.245. The predicted molar refractivity (Wildman–Crippen MR) is 70.6 cm³/mol. The fraction of sp³-hybridized carbons (Fsp3) is 0.909. The highest BCUT2D eigenvalue weighted by molar-refractivity contribution is 7.80. The number of hydrogen-bond donors (Lipinski definition) is 2. The Morgan fingerprint density at radius 3 is 2.69 bits per heavy atom. The van der Waals surface area contributed by atoms with Crippen LogP contribution in [0.25, 0.3) is 0 Å². The summed E-state index contributed by atoms with van der Waals surface area (Å²) in [5, 5.41) is 13.0. The summed E-state index contributed by atoms with van der Waals surface area (Å²) in [7, 11) is 0. The number of nitrogens with zero attached hydrogens (tertiary/aromatic N) is 2. The van der Waals surface area contributed by atoms with Crippen LogP contribution in [0.2, 0.25) is 0 Å². The molecule has 1 fully saturated rings. The van der Waals surface area contributed by atoms with Crippen LogP contribution >= 0.6 is 12.2 Å². The molecule has 16 heavy (non-hydrogen) atoms. The van der Waals surface area contributed by atoms with Crippen LogP contribution < -0.4 is 5.32 Å². The molecule has 0 spiro atoms. The molecule has 1 rings (SSSR count). The molecule has 1 aliphatic rings. The van der Waals surface area contributed by atoms with Gasteiger partial charge in [0.15, 0.2) is 5.11 Å². The van der Waals surface area contributed by atoms with E-state index in [-0.39, 0.29) is 6.61 Å². The number of thiocarbonyl (C=S) groups is 1. The van der Waals surface area contributed by atoms with Gasteiger partial charge in [-0.15, -0.1) is 0 Å². The Bertz CT molecular complexity index is 223. The van der Waals surface area contributed by atoms with Gasteiger partial charge in [-0.05, 0) is 39.0 Å². The van der Waals surface area contributed by atoms with Gasteiger partial charge in [0, 0.05) is 32.2 Å². The van der Waals surface area contributed by atoms with Gasteiger partial charge < -0.3 is 15.3 Å². The van der Waals surface area contributed by atoms with Crippen LogP contribution in [0.4, 0.5) is 0 Å². The van der Waals surface area contributed by atoms with Gasteiger partial charge in [0.2, 0.25) is 0 Å². The second-order valence-electron chi connectivity index (χ2n) is 4.51. The fourth-order valence-electron chi connectivity index (χ4n) is 1.88. The van der Waals surface area contributed by atoms with E-state index in [1.165, 1.54) is 0 Å². The van der Waals surface area contributed by atoms with E-state index in [0.717, 1.165) is 44.3 Å². The van der Waals surface area contributed by atoms with Gasteiger partial charge in [-0.2, -0.15) is 0 Å². The Labute approximate surface area is 104 Å². The lowest BCUT2D eigenvalue weighted by atomic mass is 10.4. The third kappa shape index (κ3) is 4.63. The van der Waals surface area contributed by atoms with Crippen molar-refractivity contribution in [3.63, 3.8) is 0 Å². The van der Waals surface area contributed by atoms with Crippen molar-refractivity contribution >= 4 is 17.3 Å². The molecule has 1 saturated heterocycles. The monoisotopic (exact) mass is 245 g/mol. The maximum atomic E-state index is 8.91. The first-order valence-electron chi connectivity index (χ1n) is 6.02. The Hall–Kier alpha value is -0.390. The molecule has 0 aromatic heterocycles. The number of aliphatic hydroxyl groups excluding tert-OH is 1. The summed E-state index contributed by atoms with van der Waals surface area (Å²) in [4.78, 5) is 4.52. The van der Waals surface area contributed by atoms with Crippen molar-refractivity contribution in [1.29, 1.82) is 0 Å². The molecular formula is C11H23N3OS. The second kappa shape index (κ2) is 7.04. The molecule has 1 aliphatic heterocycles. The average Bonchev–Trinajstić information content (AvgIpc) is 2.43. The molecule has 0 radical (unpaired) electrons. The summed E-state index contributed by atoms with van der Waals surface area (Å²) >= 11 is 5.36. The number of β-amino-alcohol motifs (C(OH)–C–C–N with tert-alkyl or cyclic N) is 1. The van der Waals surface area contributed by atoms with Crippen molar-refractivity contribution in [1.82, 2.24) is 15.1 Å². The van der Waals surface area contributed by atoms with Gasteiger partial charge >= 0.3 is 0 Å². The summed E-state index contributed by atoms with van der Waals surface area (Å²) in [6, 6.07) is 0.393. The van der Waals surface area contributed by atoms with E-state index in [9.17, 15) is 0 Å². The van der Waals surface area contributed by atoms with Crippen molar-refractivity contribution in [2.75, 3.05) is 39.3 Å². The standard InChI is InChI=1S/C11H23N3OS/c1-10(2)12-11(16)14-5-3-4-13(6-7-14)8-9-15/h10,15H,3-9H2,1-2H3,(H,12,16). The van der Waals surface area contributed by atoms with E-state index in [1.54, 1.807) is 0 Å². The lowest BCUT2D eigenvalue weighted by Gasteiger charge is -2.25. The molecule has 0 saturated carbocycles. The van der Waals surface area contributed by atoms with Gasteiger partial charge in [-0.3, -0.25) is 4.90 Å². The first-order valence-corrected chi connectivity index (χ1v) is 6.43. The highest BCUT2D eigenvalue weighted by atomic mass is 32.1. The third-order valence-corrected chi connectivity index (χ3v) is 3.08. The molecule has 0 bridgehead atoms. The lowest BCUT2D eigenvalue weighted by Crippen LogP contribution is -2.44. The zero-order chi connectivity index (χ0) is 12.0. The van der Waals surface area contributed by atoms with Crippen LogP contribution in [-0.4, -0.2) is 65.4 Å². The first-order chi connectivity index (χ1) is 7.63. The fourth-order valence-corrected chi connectivity index (χ4v) is 2.30. The first kappa shape index (κ1) is 13.7. The van der Waals surface area contributed by atoms with Crippen molar-refractivity contribution < 1.29 is 5.11 Å². The number of nitrogens with one attached hydrogen (secondary N) is 1. The predicted octanol–water partition coefficient (Wildman–Crippen LogP) is 0.269. The summed E-state index contributed by atoms with van der Waals surface area (Å²) in [6.07, 6.45) is 1.11. The molecule has 5 heteroatoms. The SMILES string of the molecule is CC(C)NC(=S)N1CCCN(CCO)CC1. The van der Waals surface area contributed by atoms with E-state index in [2.05, 4.69) is 29.0 Å². The van der Waals surface area contributed by atoms with Crippen LogP contribution in [0.15, 0.2) is 0 Å². The van der Waals surface area contributed by atoms with Gasteiger partial charge in [-0.1, -0.05) is 0 Å². The van der Waals surface area contributed by atoms with Crippen LogP contribution in [-0.2, 0) is 0 Å². The smallest absolute Gasteiger partial charge is 0.169 e. The minimum Gasteiger partial charge on any atom is -0.395 e. The second-order valence-corrected chi connectivity index (χ2v) is 4.90. The molecular weight excluding hydrogens is 222 g/mol. The highest BCUT2D eigenvalue weighted by Crippen LogP contribution is 2.03. The van der Waals surface area contributed by atoms with Crippen molar-refractivity contribution in [2.24, 2.45) is 0 Å². The van der Waals surface area contributed by atoms with E-state index in [1.807, 2.05) is 0 Å². The highest BCUT2D eigenvalue weighted by Gasteiger charge is 2.16. The van der Waals surface area contributed by atoms with Crippen molar-refractivity contribution in [3.8, 4) is 0 Å². The topological polar surface area (TPSA) is 38.7 Å².